The number of carboxylic acid groups (broad SMARTS) is 1. The monoisotopic (exact) mass is 565 g/mol. The Morgan fingerprint density at radius 3 is 2.46 bits per heavy atom. The summed E-state index contributed by atoms with van der Waals surface area (Å²) in [5, 5.41) is 11.7. The molecule has 2 N–H and O–H groups in total. The van der Waals surface area contributed by atoms with E-state index in [1.807, 2.05) is 0 Å². The predicted molar refractivity (Wildman–Crippen MR) is 130 cm³/mol. The zero-order valence-electron chi connectivity index (χ0n) is 17.6. The van der Waals surface area contributed by atoms with Crippen molar-refractivity contribution in [3.05, 3.63) is 57.7 Å². The largest absolute Gasteiger partial charge is 0.478 e. The molecule has 186 valence electrons. The molecule has 0 radical (unpaired) electrons. The van der Waals surface area contributed by atoms with Crippen LogP contribution in [0.2, 0.25) is 10.0 Å². The zero-order chi connectivity index (χ0) is 25.5. The lowest BCUT2D eigenvalue weighted by Gasteiger charge is -2.27. The van der Waals surface area contributed by atoms with E-state index in [0.29, 0.717) is 17.6 Å². The lowest BCUT2D eigenvalue weighted by molar-refractivity contribution is -0.136. The molecule has 1 fully saturated rings. The number of fused-ring (bicyclic) bond motifs is 1. The smallest absolute Gasteiger partial charge is 0.418 e. The molecule has 14 heteroatoms. The van der Waals surface area contributed by atoms with Crippen molar-refractivity contribution in [2.45, 2.75) is 11.1 Å². The molecular formula is C21H16Cl2F3N3O4S2. The Hall–Kier alpha value is -2.25. The van der Waals surface area contributed by atoms with Crippen LogP contribution in [0.25, 0.3) is 10.9 Å². The van der Waals surface area contributed by atoms with Gasteiger partial charge in [-0.1, -0.05) is 29.3 Å². The number of hydrogen-bond acceptors (Lipinski definition) is 6. The summed E-state index contributed by atoms with van der Waals surface area (Å²) in [5.74, 6) is -0.290. The van der Waals surface area contributed by atoms with Crippen LogP contribution in [0.1, 0.15) is 15.9 Å². The fraction of sp³-hybridized carbons (Fsp3) is 0.238. The number of pyridine rings is 1. The second kappa shape index (κ2) is 9.66. The third-order valence-corrected chi connectivity index (χ3v) is 8.67. The van der Waals surface area contributed by atoms with Crippen LogP contribution in [0, 0.1) is 0 Å². The number of thioether (sulfide) groups is 1. The molecular weight excluding hydrogens is 550 g/mol. The summed E-state index contributed by atoms with van der Waals surface area (Å²) in [6.45, 7) is 0.389. The highest BCUT2D eigenvalue weighted by Gasteiger charge is 2.36. The van der Waals surface area contributed by atoms with Gasteiger partial charge in [0.2, 0.25) is 10.0 Å². The fourth-order valence-corrected chi connectivity index (χ4v) is 6.79. The number of anilines is 2. The molecule has 2 heterocycles. The molecule has 1 aromatic heterocycles. The van der Waals surface area contributed by atoms with Gasteiger partial charge in [0.25, 0.3) is 0 Å². The molecule has 0 unspecified atom stereocenters. The van der Waals surface area contributed by atoms with Gasteiger partial charge in [-0.2, -0.15) is 29.2 Å². The topological polar surface area (TPSA) is 99.6 Å². The van der Waals surface area contributed by atoms with Crippen molar-refractivity contribution in [3.8, 4) is 0 Å². The van der Waals surface area contributed by atoms with Gasteiger partial charge < -0.3 is 10.4 Å². The van der Waals surface area contributed by atoms with Crippen LogP contribution in [-0.2, 0) is 16.2 Å². The Balaban J connectivity index is 2.05. The van der Waals surface area contributed by atoms with Crippen molar-refractivity contribution in [3.63, 3.8) is 0 Å². The van der Waals surface area contributed by atoms with Gasteiger partial charge in [0.05, 0.1) is 33.0 Å². The van der Waals surface area contributed by atoms with Crippen LogP contribution < -0.4 is 5.32 Å². The number of halogens is 5. The zero-order valence-corrected chi connectivity index (χ0v) is 20.7. The Morgan fingerprint density at radius 1 is 1.14 bits per heavy atom. The first-order chi connectivity index (χ1) is 16.4. The standard InChI is InChI=1S/C21H16Cl2F3N3O4S2/c22-11-8-13-17(14(9-11)21(24,25)26)27-10-16(35(32,33)29-4-6-34-7-5-29)19(13)28-18-12(20(30)31)2-1-3-15(18)23/h1-3,8-10H,4-7H2,(H,27,28)(H,30,31). The van der Waals surface area contributed by atoms with Crippen LogP contribution in [0.4, 0.5) is 24.5 Å². The Labute approximate surface area is 212 Å². The second-order valence-corrected chi connectivity index (χ2v) is 11.4. The average molecular weight is 566 g/mol. The highest BCUT2D eigenvalue weighted by Crippen LogP contribution is 2.42. The lowest BCUT2D eigenvalue weighted by Crippen LogP contribution is -2.38. The molecule has 0 atom stereocenters. The number of benzene rings is 2. The van der Waals surface area contributed by atoms with Gasteiger partial charge in [-0.15, -0.1) is 0 Å². The molecule has 3 aromatic rings. The van der Waals surface area contributed by atoms with Gasteiger partial charge in [0.1, 0.15) is 4.90 Å². The number of hydrogen-bond donors (Lipinski definition) is 2. The fourth-order valence-electron chi connectivity index (χ4n) is 3.67. The maximum absolute atomic E-state index is 13.8. The minimum Gasteiger partial charge on any atom is -0.478 e. The minimum absolute atomic E-state index is 0.0781. The van der Waals surface area contributed by atoms with Crippen molar-refractivity contribution in [1.82, 2.24) is 9.29 Å². The van der Waals surface area contributed by atoms with Gasteiger partial charge >= 0.3 is 12.1 Å². The van der Waals surface area contributed by atoms with E-state index in [4.69, 9.17) is 23.2 Å². The van der Waals surface area contributed by atoms with E-state index < -0.39 is 38.1 Å². The number of nitrogens with one attached hydrogen (secondary N) is 1. The number of nitrogens with zero attached hydrogens (tertiary/aromatic N) is 2. The number of aromatic nitrogens is 1. The highest BCUT2D eigenvalue weighted by molar-refractivity contribution is 7.99. The second-order valence-electron chi connectivity index (χ2n) is 7.45. The average Bonchev–Trinajstić information content (AvgIpc) is 2.79. The first-order valence-corrected chi connectivity index (χ1v) is 13.3. The minimum atomic E-state index is -4.84. The van der Waals surface area contributed by atoms with Gasteiger partial charge in [-0.25, -0.2) is 13.2 Å². The van der Waals surface area contributed by atoms with Gasteiger partial charge in [0, 0.05) is 41.2 Å². The number of alkyl halides is 3. The van der Waals surface area contributed by atoms with Crippen molar-refractivity contribution in [2.24, 2.45) is 0 Å². The van der Waals surface area contributed by atoms with Gasteiger partial charge in [-0.3, -0.25) is 4.98 Å². The summed E-state index contributed by atoms with van der Waals surface area (Å²) >= 11 is 13.8. The molecule has 0 aliphatic carbocycles. The van der Waals surface area contributed by atoms with Crippen LogP contribution in [0.3, 0.4) is 0 Å². The molecule has 1 saturated heterocycles. The van der Waals surface area contributed by atoms with E-state index in [0.717, 1.165) is 12.3 Å². The number of aromatic carboxylic acids is 1. The van der Waals surface area contributed by atoms with Crippen molar-refractivity contribution in [2.75, 3.05) is 29.9 Å². The van der Waals surface area contributed by atoms with Gasteiger partial charge in [-0.05, 0) is 24.3 Å². The maximum atomic E-state index is 13.8. The van der Waals surface area contributed by atoms with Crippen LogP contribution in [0.15, 0.2) is 41.4 Å². The van der Waals surface area contributed by atoms with Crippen LogP contribution in [-0.4, -0.2) is 53.4 Å². The summed E-state index contributed by atoms with van der Waals surface area (Å²) in [5.41, 5.74) is -2.52. The maximum Gasteiger partial charge on any atom is 0.418 e. The van der Waals surface area contributed by atoms with E-state index in [2.05, 4.69) is 10.3 Å². The van der Waals surface area contributed by atoms with E-state index in [9.17, 15) is 31.5 Å². The summed E-state index contributed by atoms with van der Waals surface area (Å²) in [6, 6.07) is 5.80. The predicted octanol–water partition coefficient (Wildman–Crippen LogP) is 5.74. The molecule has 1 aliphatic rings. The summed E-state index contributed by atoms with van der Waals surface area (Å²) in [7, 11) is -4.23. The third-order valence-electron chi connectivity index (χ3n) is 5.29. The summed E-state index contributed by atoms with van der Waals surface area (Å²) in [6.07, 6.45) is -4.00. The summed E-state index contributed by atoms with van der Waals surface area (Å²) < 4.78 is 69.6. The van der Waals surface area contributed by atoms with E-state index in [1.54, 1.807) is 11.8 Å². The van der Waals surface area contributed by atoms with E-state index >= 15 is 0 Å². The molecule has 0 amide bonds. The van der Waals surface area contributed by atoms with E-state index in [1.165, 1.54) is 22.5 Å². The normalized spacial score (nSPS) is 15.3. The van der Waals surface area contributed by atoms with Crippen LogP contribution >= 0.6 is 35.0 Å². The van der Waals surface area contributed by atoms with Crippen molar-refractivity contribution in [1.29, 1.82) is 0 Å². The molecule has 7 nitrogen and oxygen atoms in total. The number of sulfonamides is 1. The molecule has 2 aromatic carbocycles. The van der Waals surface area contributed by atoms with E-state index in [-0.39, 0.29) is 45.5 Å². The SMILES string of the molecule is O=C(O)c1cccc(Cl)c1Nc1c(S(=O)(=O)N2CCSCC2)cnc2c(C(F)(F)F)cc(Cl)cc12. The molecule has 0 bridgehead atoms. The molecule has 1 aliphatic heterocycles. The molecule has 4 rings (SSSR count). The third kappa shape index (κ3) is 5.03. The van der Waals surface area contributed by atoms with Crippen molar-refractivity contribution < 1.29 is 31.5 Å². The first kappa shape index (κ1) is 25.8. The molecule has 0 saturated carbocycles. The number of para-hydroxylation sites is 1. The number of carboxylic acids is 1. The quantitative estimate of drug-likeness (QED) is 0.407. The molecule has 35 heavy (non-hydrogen) atoms. The van der Waals surface area contributed by atoms with Crippen LogP contribution in [0.5, 0.6) is 0 Å². The van der Waals surface area contributed by atoms with Crippen molar-refractivity contribution >= 4 is 73.2 Å². The Bertz CT molecular complexity index is 1430. The highest BCUT2D eigenvalue weighted by atomic mass is 35.5. The summed E-state index contributed by atoms with van der Waals surface area (Å²) in [4.78, 5) is 15.2. The Kier molecular flexibility index (Phi) is 7.13. The van der Waals surface area contributed by atoms with Gasteiger partial charge in [0.15, 0.2) is 0 Å². The lowest BCUT2D eigenvalue weighted by atomic mass is 10.1. The first-order valence-electron chi connectivity index (χ1n) is 9.97. The number of carbonyl (C=O) groups is 1. The molecule has 0 spiro atoms. The Morgan fingerprint density at radius 2 is 1.83 bits per heavy atom. The number of rotatable bonds is 5.